The molecule has 3 nitrogen and oxygen atoms in total. The number of phenolic OH excluding ortho intramolecular Hbond substituents is 1. The number of aldehydes is 1. The van der Waals surface area contributed by atoms with Crippen molar-refractivity contribution in [3.63, 3.8) is 0 Å². The lowest BCUT2D eigenvalue weighted by atomic mass is 9.90. The van der Waals surface area contributed by atoms with Crippen molar-refractivity contribution < 1.29 is 14.6 Å². The van der Waals surface area contributed by atoms with Gasteiger partial charge >= 0.3 is 0 Å². The minimum atomic E-state index is -0.200. The van der Waals surface area contributed by atoms with Crippen molar-refractivity contribution in [1.82, 2.24) is 0 Å². The van der Waals surface area contributed by atoms with E-state index in [0.29, 0.717) is 17.6 Å². The maximum atomic E-state index is 10.9. The Balaban J connectivity index is 2.57. The van der Waals surface area contributed by atoms with Crippen molar-refractivity contribution in [2.45, 2.75) is 39.2 Å². The number of rotatable bonds is 1. The van der Waals surface area contributed by atoms with Crippen molar-refractivity contribution in [3.8, 4) is 11.5 Å². The van der Waals surface area contributed by atoms with E-state index in [4.69, 9.17) is 4.74 Å². The van der Waals surface area contributed by atoms with E-state index in [0.717, 1.165) is 24.0 Å². The summed E-state index contributed by atoms with van der Waals surface area (Å²) < 4.78 is 5.80. The molecule has 1 aliphatic rings. The van der Waals surface area contributed by atoms with Crippen LogP contribution in [0.4, 0.5) is 0 Å². The first kappa shape index (κ1) is 11.0. The van der Waals surface area contributed by atoms with E-state index in [1.54, 1.807) is 6.07 Å². The van der Waals surface area contributed by atoms with Crippen LogP contribution in [0.3, 0.4) is 0 Å². The first-order chi connectivity index (χ1) is 7.44. The molecular formula is C13H16O3. The number of benzene rings is 1. The summed E-state index contributed by atoms with van der Waals surface area (Å²) in [5, 5.41) is 9.71. The van der Waals surface area contributed by atoms with Crippen molar-refractivity contribution >= 4 is 6.29 Å². The Kier molecular flexibility index (Phi) is 2.41. The van der Waals surface area contributed by atoms with Crippen LogP contribution in [0.5, 0.6) is 11.5 Å². The van der Waals surface area contributed by atoms with Gasteiger partial charge in [-0.05, 0) is 44.7 Å². The summed E-state index contributed by atoms with van der Waals surface area (Å²) >= 11 is 0. The van der Waals surface area contributed by atoms with Crippen LogP contribution >= 0.6 is 0 Å². The molecule has 0 atom stereocenters. The predicted molar refractivity (Wildman–Crippen MR) is 61.3 cm³/mol. The molecule has 0 saturated carbocycles. The highest BCUT2D eigenvalue weighted by molar-refractivity contribution is 5.83. The van der Waals surface area contributed by atoms with Gasteiger partial charge in [0.15, 0.2) is 6.29 Å². The first-order valence-electron chi connectivity index (χ1n) is 5.44. The van der Waals surface area contributed by atoms with E-state index in [9.17, 15) is 9.90 Å². The molecule has 0 fully saturated rings. The Morgan fingerprint density at radius 3 is 2.81 bits per heavy atom. The van der Waals surface area contributed by atoms with Crippen LogP contribution in [0.2, 0.25) is 0 Å². The summed E-state index contributed by atoms with van der Waals surface area (Å²) in [6.45, 7) is 5.90. The van der Waals surface area contributed by atoms with Gasteiger partial charge in [0.2, 0.25) is 0 Å². The molecule has 0 bridgehead atoms. The molecule has 0 saturated heterocycles. The second-order valence-electron chi connectivity index (χ2n) is 4.89. The average molecular weight is 220 g/mol. The topological polar surface area (TPSA) is 46.5 Å². The predicted octanol–water partition coefficient (Wildman–Crippen LogP) is 2.62. The number of ether oxygens (including phenoxy) is 1. The quantitative estimate of drug-likeness (QED) is 0.740. The highest BCUT2D eigenvalue weighted by Crippen LogP contribution is 2.39. The molecule has 86 valence electrons. The highest BCUT2D eigenvalue weighted by atomic mass is 16.5. The van der Waals surface area contributed by atoms with Crippen LogP contribution in [0.1, 0.15) is 41.8 Å². The fourth-order valence-corrected chi connectivity index (χ4v) is 2.15. The first-order valence-corrected chi connectivity index (χ1v) is 5.44. The molecule has 1 aromatic carbocycles. The third-order valence-electron chi connectivity index (χ3n) is 3.18. The Morgan fingerprint density at radius 1 is 1.50 bits per heavy atom. The molecule has 2 rings (SSSR count). The van der Waals surface area contributed by atoms with Crippen molar-refractivity contribution in [2.75, 3.05) is 0 Å². The van der Waals surface area contributed by atoms with E-state index in [1.807, 2.05) is 20.8 Å². The highest BCUT2D eigenvalue weighted by Gasteiger charge is 2.29. The summed E-state index contributed by atoms with van der Waals surface area (Å²) in [5.74, 6) is 0.709. The monoisotopic (exact) mass is 220 g/mol. The second kappa shape index (κ2) is 3.51. The zero-order valence-electron chi connectivity index (χ0n) is 9.83. The Hall–Kier alpha value is -1.51. The number of fused-ring (bicyclic) bond motifs is 1. The van der Waals surface area contributed by atoms with Crippen LogP contribution in [0.15, 0.2) is 6.07 Å². The number of carbonyl (C=O) groups excluding carboxylic acids is 1. The van der Waals surface area contributed by atoms with E-state index < -0.39 is 0 Å². The van der Waals surface area contributed by atoms with Gasteiger partial charge in [-0.15, -0.1) is 0 Å². The van der Waals surface area contributed by atoms with Gasteiger partial charge in [-0.2, -0.15) is 0 Å². The van der Waals surface area contributed by atoms with E-state index in [-0.39, 0.29) is 11.4 Å². The minimum absolute atomic E-state index is 0.00366. The van der Waals surface area contributed by atoms with E-state index in [2.05, 4.69) is 0 Å². The van der Waals surface area contributed by atoms with Crippen LogP contribution in [-0.4, -0.2) is 17.0 Å². The number of aromatic hydroxyl groups is 1. The molecule has 1 N–H and O–H groups in total. The summed E-state index contributed by atoms with van der Waals surface area (Å²) in [6.07, 6.45) is 2.50. The zero-order chi connectivity index (χ0) is 11.9. The van der Waals surface area contributed by atoms with E-state index in [1.165, 1.54) is 0 Å². The molecule has 0 spiro atoms. The summed E-state index contributed by atoms with van der Waals surface area (Å²) in [5.41, 5.74) is 2.05. The van der Waals surface area contributed by atoms with Gasteiger partial charge in [-0.25, -0.2) is 0 Å². The van der Waals surface area contributed by atoms with Crippen LogP contribution in [0, 0.1) is 6.92 Å². The van der Waals surface area contributed by atoms with Gasteiger partial charge in [0.05, 0.1) is 5.56 Å². The van der Waals surface area contributed by atoms with Gasteiger partial charge in [-0.3, -0.25) is 4.79 Å². The van der Waals surface area contributed by atoms with Gasteiger partial charge in [-0.1, -0.05) is 0 Å². The molecule has 1 heterocycles. The lowest BCUT2D eigenvalue weighted by Crippen LogP contribution is -2.33. The fraction of sp³-hybridized carbons (Fsp3) is 0.462. The summed E-state index contributed by atoms with van der Waals surface area (Å²) in [6, 6.07) is 1.55. The molecule has 16 heavy (non-hydrogen) atoms. The molecular weight excluding hydrogens is 204 g/mol. The number of carbonyl (C=O) groups is 1. The SMILES string of the molecule is Cc1c(C=O)c(O)cc2c1CCC(C)(C)O2. The standard InChI is InChI=1S/C13H16O3/c1-8-9-4-5-13(2,3)16-12(9)6-11(15)10(8)7-14/h6-7,15H,4-5H2,1-3H3. The zero-order valence-corrected chi connectivity index (χ0v) is 9.83. The second-order valence-corrected chi connectivity index (χ2v) is 4.89. The van der Waals surface area contributed by atoms with Crippen LogP contribution in [-0.2, 0) is 6.42 Å². The maximum Gasteiger partial charge on any atom is 0.154 e. The summed E-state index contributed by atoms with van der Waals surface area (Å²) in [4.78, 5) is 10.9. The molecule has 1 aliphatic heterocycles. The lowest BCUT2D eigenvalue weighted by Gasteiger charge is -2.33. The van der Waals surface area contributed by atoms with Gasteiger partial charge in [0.1, 0.15) is 17.1 Å². The molecule has 0 amide bonds. The third kappa shape index (κ3) is 1.66. The maximum absolute atomic E-state index is 10.9. The van der Waals surface area contributed by atoms with Crippen LogP contribution in [0.25, 0.3) is 0 Å². The normalized spacial score (nSPS) is 17.4. The number of hydrogen-bond acceptors (Lipinski definition) is 3. The van der Waals surface area contributed by atoms with Crippen molar-refractivity contribution in [1.29, 1.82) is 0 Å². The Morgan fingerprint density at radius 2 is 2.19 bits per heavy atom. The van der Waals surface area contributed by atoms with Crippen molar-refractivity contribution in [3.05, 3.63) is 22.8 Å². The van der Waals surface area contributed by atoms with Gasteiger partial charge in [0.25, 0.3) is 0 Å². The third-order valence-corrected chi connectivity index (χ3v) is 3.18. The van der Waals surface area contributed by atoms with Gasteiger partial charge < -0.3 is 9.84 Å². The van der Waals surface area contributed by atoms with Crippen LogP contribution < -0.4 is 4.74 Å². The van der Waals surface area contributed by atoms with Crippen molar-refractivity contribution in [2.24, 2.45) is 0 Å². The molecule has 3 heteroatoms. The smallest absolute Gasteiger partial charge is 0.154 e. The molecule has 0 unspecified atom stereocenters. The molecule has 0 aliphatic carbocycles. The van der Waals surface area contributed by atoms with Gasteiger partial charge in [0, 0.05) is 6.07 Å². The van der Waals surface area contributed by atoms with E-state index >= 15 is 0 Å². The molecule has 1 aromatic rings. The largest absolute Gasteiger partial charge is 0.507 e. The number of phenols is 1. The average Bonchev–Trinajstić information content (AvgIpc) is 2.16. The Labute approximate surface area is 95.0 Å². The summed E-state index contributed by atoms with van der Waals surface area (Å²) in [7, 11) is 0. The molecule has 0 radical (unpaired) electrons. The lowest BCUT2D eigenvalue weighted by molar-refractivity contribution is 0.0840. The number of hydrogen-bond donors (Lipinski definition) is 1. The minimum Gasteiger partial charge on any atom is -0.507 e. The Bertz CT molecular complexity index is 447. The molecule has 0 aromatic heterocycles. The fourth-order valence-electron chi connectivity index (χ4n) is 2.15.